The van der Waals surface area contributed by atoms with Gasteiger partial charge in [0, 0.05) is 23.3 Å². The molecule has 16 atom stereocenters. The molecule has 6 rings (SSSR count). The number of fused-ring (bicyclic) bond motifs is 2. The van der Waals surface area contributed by atoms with Gasteiger partial charge in [-0.05, 0) is 37.2 Å². The molecule has 2 bridgehead atoms. The second-order valence-corrected chi connectivity index (χ2v) is 14.6. The van der Waals surface area contributed by atoms with Crippen LogP contribution < -0.4 is 0 Å². The fourth-order valence-electron chi connectivity index (χ4n) is 9.86. The average molecular weight is 697 g/mol. The molecule has 3 heterocycles. The van der Waals surface area contributed by atoms with E-state index in [1.165, 1.54) is 12.2 Å². The molecule has 6 aliphatic rings. The quantitative estimate of drug-likeness (QED) is 0.111. The van der Waals surface area contributed by atoms with E-state index in [0.717, 1.165) is 6.42 Å². The van der Waals surface area contributed by atoms with Gasteiger partial charge in [-0.15, -0.1) is 0 Å². The summed E-state index contributed by atoms with van der Waals surface area (Å²) in [6.45, 7) is 5.72. The van der Waals surface area contributed by atoms with E-state index in [2.05, 4.69) is 0 Å². The second kappa shape index (κ2) is 12.4. The number of carbonyl (C=O) groups is 4. The van der Waals surface area contributed by atoms with Gasteiger partial charge in [0.05, 0.1) is 25.2 Å². The second-order valence-electron chi connectivity index (χ2n) is 14.6. The first-order valence-electron chi connectivity index (χ1n) is 16.6. The zero-order valence-corrected chi connectivity index (χ0v) is 27.5. The maximum atomic E-state index is 13.8. The molecule has 16 heteroatoms. The van der Waals surface area contributed by atoms with Crippen LogP contribution in [0.4, 0.5) is 0 Å². The molecule has 16 nitrogen and oxygen atoms in total. The van der Waals surface area contributed by atoms with E-state index in [9.17, 15) is 54.9 Å². The highest BCUT2D eigenvalue weighted by molar-refractivity contribution is 5.97. The molecule has 7 N–H and O–H groups in total. The zero-order valence-electron chi connectivity index (χ0n) is 27.5. The van der Waals surface area contributed by atoms with Crippen molar-refractivity contribution in [2.45, 2.75) is 108 Å². The lowest BCUT2D eigenvalue weighted by Gasteiger charge is -2.67. The Balaban J connectivity index is 1.46. The Labute approximate surface area is 281 Å². The van der Waals surface area contributed by atoms with E-state index in [1.54, 1.807) is 20.8 Å². The van der Waals surface area contributed by atoms with Gasteiger partial charge in [0.15, 0.2) is 11.5 Å². The van der Waals surface area contributed by atoms with Gasteiger partial charge in [-0.25, -0.2) is 14.4 Å². The number of esters is 2. The van der Waals surface area contributed by atoms with Gasteiger partial charge in [0.2, 0.25) is 18.0 Å². The summed E-state index contributed by atoms with van der Waals surface area (Å²) in [6, 6.07) is 0. The number of allylic oxidation sites excluding steroid dienone is 3. The van der Waals surface area contributed by atoms with Crippen LogP contribution in [0.5, 0.6) is 0 Å². The van der Waals surface area contributed by atoms with Crippen molar-refractivity contribution in [2.75, 3.05) is 13.2 Å². The number of ether oxygens (including phenoxy) is 5. The van der Waals surface area contributed by atoms with Crippen molar-refractivity contribution in [3.8, 4) is 0 Å². The highest BCUT2D eigenvalue weighted by Crippen LogP contribution is 2.72. The van der Waals surface area contributed by atoms with Gasteiger partial charge >= 0.3 is 17.9 Å². The van der Waals surface area contributed by atoms with E-state index >= 15 is 0 Å². The summed E-state index contributed by atoms with van der Waals surface area (Å²) in [4.78, 5) is 53.6. The van der Waals surface area contributed by atoms with Gasteiger partial charge in [0.25, 0.3) is 0 Å². The molecular weight excluding hydrogens is 652 g/mol. The first-order chi connectivity index (χ1) is 23.0. The van der Waals surface area contributed by atoms with E-state index in [0.29, 0.717) is 12.0 Å². The molecule has 3 aliphatic heterocycles. The molecule has 0 radical (unpaired) electrons. The molecule has 6 unspecified atom stereocenters. The van der Waals surface area contributed by atoms with Crippen molar-refractivity contribution in [1.29, 1.82) is 0 Å². The number of carbonyl (C=O) groups excluding carboxylic acids is 3. The third-order valence-corrected chi connectivity index (χ3v) is 12.0. The SMILES string of the molecule is CCC/C(C)=C/C(=O)OC1C(=O)O[C@@H]2C[C@H]3[C@H](C)C(=O)C(OC4OC(CO)C(O)C(O)C4O)=C[C@]3(C)[C@H]3[C@@H](O)[C@H](O)[C@@]4(C(=O)O)OC[C@]32[C@@H]14. The van der Waals surface area contributed by atoms with Crippen LogP contribution in [0.2, 0.25) is 0 Å². The van der Waals surface area contributed by atoms with Crippen molar-refractivity contribution in [3.05, 3.63) is 23.5 Å². The lowest BCUT2D eigenvalue weighted by atomic mass is 9.38. The number of rotatable bonds is 8. The van der Waals surface area contributed by atoms with Crippen LogP contribution in [0, 0.1) is 34.5 Å². The molecule has 0 aromatic rings. The van der Waals surface area contributed by atoms with Gasteiger partial charge < -0.3 is 59.4 Å². The van der Waals surface area contributed by atoms with Crippen LogP contribution >= 0.6 is 0 Å². The third-order valence-electron chi connectivity index (χ3n) is 12.0. The van der Waals surface area contributed by atoms with Gasteiger partial charge in [0.1, 0.15) is 36.6 Å². The first-order valence-corrected chi connectivity index (χ1v) is 16.6. The van der Waals surface area contributed by atoms with Crippen LogP contribution in [-0.2, 0) is 42.9 Å². The normalized spacial score (nSPS) is 48.9. The molecule has 0 aromatic heterocycles. The number of aliphatic hydroxyl groups excluding tert-OH is 6. The van der Waals surface area contributed by atoms with Crippen LogP contribution in [0.3, 0.4) is 0 Å². The van der Waals surface area contributed by atoms with E-state index in [-0.39, 0.29) is 12.2 Å². The minimum absolute atomic E-state index is 0.00399. The summed E-state index contributed by atoms with van der Waals surface area (Å²) in [5.41, 5.74) is -4.78. The lowest BCUT2D eigenvalue weighted by molar-refractivity contribution is -0.296. The summed E-state index contributed by atoms with van der Waals surface area (Å²) in [7, 11) is 0. The van der Waals surface area contributed by atoms with E-state index < -0.39 is 132 Å². The molecule has 0 aromatic carbocycles. The molecule has 0 amide bonds. The lowest BCUT2D eigenvalue weighted by Crippen LogP contribution is -2.79. The Kier molecular flexibility index (Phi) is 9.05. The predicted octanol–water partition coefficient (Wildman–Crippen LogP) is -1.68. The van der Waals surface area contributed by atoms with Crippen LogP contribution in [0.1, 0.15) is 47.0 Å². The molecule has 1 spiro atoms. The first kappa shape index (κ1) is 35.9. The number of Topliss-reactive ketones (excluding diaryl/α,β-unsaturated/α-hetero) is 1. The van der Waals surface area contributed by atoms with Crippen LogP contribution in [0.15, 0.2) is 23.5 Å². The average Bonchev–Trinajstić information content (AvgIpc) is 3.35. The maximum Gasteiger partial charge on any atom is 0.348 e. The predicted molar refractivity (Wildman–Crippen MR) is 159 cm³/mol. The topological polar surface area (TPSA) is 256 Å². The molecule has 2 saturated carbocycles. The van der Waals surface area contributed by atoms with Crippen molar-refractivity contribution in [1.82, 2.24) is 0 Å². The number of aliphatic hydroxyl groups is 6. The smallest absolute Gasteiger partial charge is 0.348 e. The summed E-state index contributed by atoms with van der Waals surface area (Å²) in [5, 5.41) is 74.9. The van der Waals surface area contributed by atoms with Crippen molar-refractivity contribution in [2.24, 2.45) is 34.5 Å². The van der Waals surface area contributed by atoms with E-state index in [4.69, 9.17) is 23.7 Å². The summed E-state index contributed by atoms with van der Waals surface area (Å²) >= 11 is 0. The monoisotopic (exact) mass is 696 g/mol. The minimum atomic E-state index is -2.57. The molecule has 5 fully saturated rings. The highest BCUT2D eigenvalue weighted by Gasteiger charge is 2.85. The Morgan fingerprint density at radius 2 is 1.76 bits per heavy atom. The Morgan fingerprint density at radius 1 is 1.06 bits per heavy atom. The third kappa shape index (κ3) is 4.93. The number of carboxylic acid groups (broad SMARTS) is 1. The number of hydrogen-bond donors (Lipinski definition) is 7. The number of hydrogen-bond acceptors (Lipinski definition) is 15. The van der Waals surface area contributed by atoms with Crippen LogP contribution in [0.25, 0.3) is 0 Å². The van der Waals surface area contributed by atoms with Gasteiger partial charge in [-0.3, -0.25) is 4.79 Å². The number of carboxylic acids is 1. The number of aliphatic carboxylic acids is 1. The van der Waals surface area contributed by atoms with E-state index in [1.807, 2.05) is 6.92 Å². The maximum absolute atomic E-state index is 13.8. The molecule has 3 saturated heterocycles. The van der Waals surface area contributed by atoms with Crippen LogP contribution in [-0.4, -0.2) is 133 Å². The fraction of sp³-hybridized carbons (Fsp3) is 0.758. The number of ketones is 1. The Morgan fingerprint density at radius 3 is 2.39 bits per heavy atom. The molecule has 49 heavy (non-hydrogen) atoms. The zero-order chi connectivity index (χ0) is 36.0. The van der Waals surface area contributed by atoms with Crippen molar-refractivity contribution in [3.63, 3.8) is 0 Å². The molecular formula is C33H44O16. The summed E-state index contributed by atoms with van der Waals surface area (Å²) in [5.74, 6) is -8.80. The molecule has 3 aliphatic carbocycles. The minimum Gasteiger partial charge on any atom is -0.479 e. The summed E-state index contributed by atoms with van der Waals surface area (Å²) < 4.78 is 28.8. The van der Waals surface area contributed by atoms with Gasteiger partial charge in [-0.1, -0.05) is 32.8 Å². The fourth-order valence-corrected chi connectivity index (χ4v) is 9.86. The standard InChI is InChI=1S/C33H44O16/c1-5-6-12(2)7-18(35)49-24-26-32-11-45-33(26,30(43)44)27(41)23(40)25(32)31(4)9-15(19(36)13(3)14(31)8-17(32)48-28(24)42)46-29-22(39)21(38)20(37)16(10-34)47-29/h7,9,13-14,16-17,20-27,29,34,37-41H,5-6,8,10-11H2,1-4H3,(H,43,44)/b12-7+/t13-,14-,16?,17+,20?,21?,22?,23+,24?,25+,26+,27-,29?,31-,32+,33-/m0/s1. The van der Waals surface area contributed by atoms with Crippen molar-refractivity contribution >= 4 is 23.7 Å². The molecule has 272 valence electrons. The highest BCUT2D eigenvalue weighted by atomic mass is 16.7. The van der Waals surface area contributed by atoms with Crippen molar-refractivity contribution < 1.29 is 78.6 Å². The summed E-state index contributed by atoms with van der Waals surface area (Å²) in [6.07, 6.45) is -11.4. The largest absolute Gasteiger partial charge is 0.479 e. The Bertz CT molecular complexity index is 1460. The Hall–Kier alpha value is -2.96. The van der Waals surface area contributed by atoms with Gasteiger partial charge in [-0.2, -0.15) is 0 Å².